The van der Waals surface area contributed by atoms with Gasteiger partial charge in [0.15, 0.2) is 12.0 Å². The average molecular weight is 224 g/mol. The molecule has 0 bridgehead atoms. The van der Waals surface area contributed by atoms with E-state index in [4.69, 9.17) is 4.42 Å². The van der Waals surface area contributed by atoms with Gasteiger partial charge < -0.3 is 9.73 Å². The van der Waals surface area contributed by atoms with Crippen molar-refractivity contribution < 1.29 is 4.42 Å². The molecule has 3 aromatic rings. The molecule has 3 heteroatoms. The number of fused-ring (bicyclic) bond motifs is 1. The Bertz CT molecular complexity index is 658. The second-order valence-electron chi connectivity index (χ2n) is 3.87. The van der Waals surface area contributed by atoms with Crippen LogP contribution in [0, 0.1) is 0 Å². The number of nitrogens with one attached hydrogen (secondary N) is 1. The van der Waals surface area contributed by atoms with E-state index in [0.717, 1.165) is 27.9 Å². The summed E-state index contributed by atoms with van der Waals surface area (Å²) in [7, 11) is 1.92. The summed E-state index contributed by atoms with van der Waals surface area (Å²) < 4.78 is 5.31. The number of hydrogen-bond donors (Lipinski definition) is 1. The van der Waals surface area contributed by atoms with Crippen LogP contribution in [-0.4, -0.2) is 12.0 Å². The predicted octanol–water partition coefficient (Wildman–Crippen LogP) is 3.54. The number of aromatic nitrogens is 1. The Morgan fingerprint density at radius 1 is 1.06 bits per heavy atom. The summed E-state index contributed by atoms with van der Waals surface area (Å²) in [6.07, 6.45) is 1.47. The highest BCUT2D eigenvalue weighted by atomic mass is 16.3. The molecule has 3 rings (SSSR count). The van der Waals surface area contributed by atoms with Gasteiger partial charge >= 0.3 is 0 Å². The third-order valence-electron chi connectivity index (χ3n) is 2.82. The summed E-state index contributed by atoms with van der Waals surface area (Å²) in [5.74, 6) is 0. The minimum atomic E-state index is 0.817. The highest BCUT2D eigenvalue weighted by Crippen LogP contribution is 2.25. The molecule has 2 aromatic carbocycles. The van der Waals surface area contributed by atoms with Crippen LogP contribution >= 0.6 is 0 Å². The third-order valence-corrected chi connectivity index (χ3v) is 2.82. The molecule has 1 aromatic heterocycles. The number of oxazole rings is 1. The second-order valence-corrected chi connectivity index (χ2v) is 3.87. The third kappa shape index (κ3) is 1.76. The Balaban J connectivity index is 2.12. The minimum absolute atomic E-state index is 0.817. The number of rotatable bonds is 2. The zero-order valence-electron chi connectivity index (χ0n) is 9.47. The molecule has 0 unspecified atom stereocenters. The van der Waals surface area contributed by atoms with Gasteiger partial charge in [-0.25, -0.2) is 4.98 Å². The summed E-state index contributed by atoms with van der Waals surface area (Å²) in [6, 6.07) is 14.3. The molecule has 84 valence electrons. The fourth-order valence-electron chi connectivity index (χ4n) is 1.89. The Morgan fingerprint density at radius 2 is 1.94 bits per heavy atom. The van der Waals surface area contributed by atoms with Crippen LogP contribution in [0.4, 0.5) is 5.69 Å². The number of nitrogens with zero attached hydrogens (tertiary/aromatic N) is 1. The van der Waals surface area contributed by atoms with E-state index >= 15 is 0 Å². The summed E-state index contributed by atoms with van der Waals surface area (Å²) >= 11 is 0. The van der Waals surface area contributed by atoms with Gasteiger partial charge in [-0.15, -0.1) is 0 Å². The van der Waals surface area contributed by atoms with E-state index in [1.54, 1.807) is 0 Å². The Hall–Kier alpha value is -2.29. The van der Waals surface area contributed by atoms with Gasteiger partial charge in [0.25, 0.3) is 0 Å². The van der Waals surface area contributed by atoms with E-state index in [2.05, 4.69) is 28.5 Å². The lowest BCUT2D eigenvalue weighted by atomic mass is 10.0. The van der Waals surface area contributed by atoms with Crippen LogP contribution in [-0.2, 0) is 0 Å². The molecule has 0 amide bonds. The van der Waals surface area contributed by atoms with E-state index in [1.807, 2.05) is 31.3 Å². The minimum Gasteiger partial charge on any atom is -0.443 e. The van der Waals surface area contributed by atoms with Gasteiger partial charge in [-0.05, 0) is 35.4 Å². The molecule has 17 heavy (non-hydrogen) atoms. The zero-order chi connectivity index (χ0) is 11.7. The van der Waals surface area contributed by atoms with Crippen LogP contribution < -0.4 is 5.32 Å². The van der Waals surface area contributed by atoms with E-state index < -0.39 is 0 Å². The van der Waals surface area contributed by atoms with Gasteiger partial charge in [0.05, 0.1) is 0 Å². The Labute approximate surface area is 99.1 Å². The van der Waals surface area contributed by atoms with Crippen molar-refractivity contribution in [1.29, 1.82) is 0 Å². The molecule has 0 saturated carbocycles. The molecular formula is C14H12N2O. The molecule has 0 saturated heterocycles. The van der Waals surface area contributed by atoms with Gasteiger partial charge in [0, 0.05) is 12.7 Å². The lowest BCUT2D eigenvalue weighted by molar-refractivity contribution is 0.602. The molecule has 0 aliphatic heterocycles. The van der Waals surface area contributed by atoms with Crippen LogP contribution in [0.1, 0.15) is 0 Å². The van der Waals surface area contributed by atoms with E-state index in [0.29, 0.717) is 0 Å². The van der Waals surface area contributed by atoms with E-state index in [-0.39, 0.29) is 0 Å². The maximum atomic E-state index is 5.31. The monoisotopic (exact) mass is 224 g/mol. The van der Waals surface area contributed by atoms with Gasteiger partial charge in [-0.1, -0.05) is 18.2 Å². The smallest absolute Gasteiger partial charge is 0.181 e. The van der Waals surface area contributed by atoms with Crippen molar-refractivity contribution >= 4 is 16.8 Å². The van der Waals surface area contributed by atoms with Crippen molar-refractivity contribution in [3.63, 3.8) is 0 Å². The van der Waals surface area contributed by atoms with Gasteiger partial charge in [0.2, 0.25) is 0 Å². The largest absolute Gasteiger partial charge is 0.443 e. The normalized spacial score (nSPS) is 10.6. The predicted molar refractivity (Wildman–Crippen MR) is 69.0 cm³/mol. The standard InChI is InChI=1S/C14H12N2O/c1-15-12-4-2-3-10(7-12)11-5-6-13-14(8-11)17-9-16-13/h2-9,15H,1H3. The lowest BCUT2D eigenvalue weighted by Gasteiger charge is -2.04. The van der Waals surface area contributed by atoms with Crippen molar-refractivity contribution in [2.24, 2.45) is 0 Å². The fraction of sp³-hybridized carbons (Fsp3) is 0.0714. The van der Waals surface area contributed by atoms with Crippen LogP contribution in [0.15, 0.2) is 53.3 Å². The topological polar surface area (TPSA) is 38.1 Å². The van der Waals surface area contributed by atoms with Crippen molar-refractivity contribution in [3.05, 3.63) is 48.9 Å². The van der Waals surface area contributed by atoms with Crippen molar-refractivity contribution in [2.45, 2.75) is 0 Å². The molecule has 1 N–H and O–H groups in total. The summed E-state index contributed by atoms with van der Waals surface area (Å²) in [6.45, 7) is 0. The van der Waals surface area contributed by atoms with Gasteiger partial charge in [0.1, 0.15) is 5.52 Å². The first-order valence-electron chi connectivity index (χ1n) is 5.48. The SMILES string of the molecule is CNc1cccc(-c2ccc3ncoc3c2)c1. The van der Waals surface area contributed by atoms with Crippen molar-refractivity contribution in [1.82, 2.24) is 4.98 Å². The average Bonchev–Trinajstić information content (AvgIpc) is 2.86. The molecular weight excluding hydrogens is 212 g/mol. The van der Waals surface area contributed by atoms with Crippen LogP contribution in [0.5, 0.6) is 0 Å². The number of hydrogen-bond acceptors (Lipinski definition) is 3. The first-order valence-corrected chi connectivity index (χ1v) is 5.48. The second kappa shape index (κ2) is 3.94. The lowest BCUT2D eigenvalue weighted by Crippen LogP contribution is -1.87. The summed E-state index contributed by atoms with van der Waals surface area (Å²) in [5.41, 5.74) is 5.09. The molecule has 0 atom stereocenters. The van der Waals surface area contributed by atoms with Crippen LogP contribution in [0.2, 0.25) is 0 Å². The Morgan fingerprint density at radius 3 is 2.82 bits per heavy atom. The highest BCUT2D eigenvalue weighted by molar-refractivity contribution is 5.80. The van der Waals surface area contributed by atoms with E-state index in [1.165, 1.54) is 6.39 Å². The highest BCUT2D eigenvalue weighted by Gasteiger charge is 2.03. The van der Waals surface area contributed by atoms with Crippen LogP contribution in [0.25, 0.3) is 22.2 Å². The fourth-order valence-corrected chi connectivity index (χ4v) is 1.89. The number of benzene rings is 2. The Kier molecular flexibility index (Phi) is 2.29. The molecule has 0 radical (unpaired) electrons. The van der Waals surface area contributed by atoms with E-state index in [9.17, 15) is 0 Å². The summed E-state index contributed by atoms with van der Waals surface area (Å²) in [5, 5.41) is 3.13. The van der Waals surface area contributed by atoms with Gasteiger partial charge in [-0.3, -0.25) is 0 Å². The first kappa shape index (κ1) is 9.90. The quantitative estimate of drug-likeness (QED) is 0.723. The van der Waals surface area contributed by atoms with Gasteiger partial charge in [-0.2, -0.15) is 0 Å². The maximum Gasteiger partial charge on any atom is 0.181 e. The number of anilines is 1. The molecule has 1 heterocycles. The van der Waals surface area contributed by atoms with Crippen molar-refractivity contribution in [3.8, 4) is 11.1 Å². The zero-order valence-corrected chi connectivity index (χ0v) is 9.47. The summed E-state index contributed by atoms with van der Waals surface area (Å²) in [4.78, 5) is 4.11. The van der Waals surface area contributed by atoms with Crippen LogP contribution in [0.3, 0.4) is 0 Å². The molecule has 0 fully saturated rings. The molecule has 3 nitrogen and oxygen atoms in total. The molecule has 0 aliphatic carbocycles. The van der Waals surface area contributed by atoms with Crippen molar-refractivity contribution in [2.75, 3.05) is 12.4 Å². The first-order chi connectivity index (χ1) is 8.36. The molecule has 0 spiro atoms. The molecule has 0 aliphatic rings. The maximum absolute atomic E-state index is 5.31.